The third-order valence-corrected chi connectivity index (χ3v) is 5.84. The minimum absolute atomic E-state index is 0.0372. The fourth-order valence-electron chi connectivity index (χ4n) is 4.28. The summed E-state index contributed by atoms with van der Waals surface area (Å²) in [5.41, 5.74) is 6.19. The van der Waals surface area contributed by atoms with Crippen LogP contribution in [-0.4, -0.2) is 36.3 Å². The van der Waals surface area contributed by atoms with Gasteiger partial charge in [0.2, 0.25) is 0 Å². The van der Waals surface area contributed by atoms with E-state index in [2.05, 4.69) is 52.9 Å². The second kappa shape index (κ2) is 7.91. The Labute approximate surface area is 171 Å². The van der Waals surface area contributed by atoms with Crippen LogP contribution in [0.4, 0.5) is 11.4 Å². The van der Waals surface area contributed by atoms with Crippen LogP contribution >= 0.6 is 0 Å². The van der Waals surface area contributed by atoms with Crippen LogP contribution in [0.15, 0.2) is 47.3 Å². The lowest BCUT2D eigenvalue weighted by Gasteiger charge is -2.33. The Hall–Kier alpha value is -2.79. The number of hydrogen-bond acceptors (Lipinski definition) is 4. The van der Waals surface area contributed by atoms with Gasteiger partial charge in [-0.1, -0.05) is 11.6 Å². The number of fused-ring (bicyclic) bond motifs is 1. The van der Waals surface area contributed by atoms with Crippen molar-refractivity contribution in [2.75, 3.05) is 29.9 Å². The van der Waals surface area contributed by atoms with Crippen molar-refractivity contribution in [1.29, 1.82) is 0 Å². The summed E-state index contributed by atoms with van der Waals surface area (Å²) in [5.74, 6) is 0. The van der Waals surface area contributed by atoms with Crippen LogP contribution in [0.2, 0.25) is 0 Å². The summed E-state index contributed by atoms with van der Waals surface area (Å²) in [6.45, 7) is 6.38. The predicted octanol–water partition coefficient (Wildman–Crippen LogP) is 3.74. The average Bonchev–Trinajstić information content (AvgIpc) is 2.68. The van der Waals surface area contributed by atoms with E-state index in [0.717, 1.165) is 52.8 Å². The first kappa shape index (κ1) is 19.5. The molecule has 29 heavy (non-hydrogen) atoms. The summed E-state index contributed by atoms with van der Waals surface area (Å²) in [6, 6.07) is 14.5. The van der Waals surface area contributed by atoms with Crippen molar-refractivity contribution in [2.45, 2.75) is 39.3 Å². The van der Waals surface area contributed by atoms with Crippen molar-refractivity contribution in [1.82, 2.24) is 4.98 Å². The monoisotopic (exact) mass is 391 g/mol. The minimum atomic E-state index is -0.241. The molecule has 1 aromatic heterocycles. The summed E-state index contributed by atoms with van der Waals surface area (Å²) in [7, 11) is 2.02. The molecule has 1 atom stereocenters. The number of benzene rings is 2. The molecule has 2 heterocycles. The van der Waals surface area contributed by atoms with Gasteiger partial charge in [0.1, 0.15) is 0 Å². The number of aromatic amines is 1. The van der Waals surface area contributed by atoms with Gasteiger partial charge in [0.25, 0.3) is 5.56 Å². The van der Waals surface area contributed by atoms with Gasteiger partial charge in [0.15, 0.2) is 0 Å². The number of nitrogens with zero attached hydrogens (tertiary/aromatic N) is 2. The Balaban J connectivity index is 1.57. The summed E-state index contributed by atoms with van der Waals surface area (Å²) in [5, 5.41) is 11.0. The standard InChI is InChI=1S/C24H29N3O2/c1-16-6-8-22-18(11-16)13-19(24(29)25-22)14-26(3)23-9-7-20(12-17(23)2)27-10-4-5-21(28)15-27/h6-9,11-13,21,28H,4-5,10,14-15H2,1-3H3,(H,25,29)/t21-/m1/s1. The van der Waals surface area contributed by atoms with Crippen molar-refractivity contribution in [3.63, 3.8) is 0 Å². The molecule has 1 aliphatic heterocycles. The number of β-amino-alcohol motifs (C(OH)–C–C–N with tert-alkyl or cyclic N) is 1. The zero-order chi connectivity index (χ0) is 20.5. The molecule has 0 spiro atoms. The van der Waals surface area contributed by atoms with Crippen molar-refractivity contribution in [2.24, 2.45) is 0 Å². The van der Waals surface area contributed by atoms with Crippen molar-refractivity contribution < 1.29 is 5.11 Å². The molecular formula is C24H29N3O2. The third-order valence-electron chi connectivity index (χ3n) is 5.84. The van der Waals surface area contributed by atoms with E-state index in [0.29, 0.717) is 13.1 Å². The Bertz CT molecular complexity index is 1090. The Morgan fingerprint density at radius 3 is 2.76 bits per heavy atom. The van der Waals surface area contributed by atoms with Crippen molar-refractivity contribution in [3.05, 3.63) is 69.5 Å². The normalized spacial score (nSPS) is 17.0. The van der Waals surface area contributed by atoms with Gasteiger partial charge >= 0.3 is 0 Å². The fraction of sp³-hybridized carbons (Fsp3) is 0.375. The second-order valence-corrected chi connectivity index (χ2v) is 8.28. The van der Waals surface area contributed by atoms with Crippen LogP contribution in [0, 0.1) is 13.8 Å². The topological polar surface area (TPSA) is 59.6 Å². The number of piperidine rings is 1. The number of aryl methyl sites for hydroxylation is 2. The maximum Gasteiger partial charge on any atom is 0.253 e. The lowest BCUT2D eigenvalue weighted by atomic mass is 10.1. The number of anilines is 2. The van der Waals surface area contributed by atoms with Gasteiger partial charge in [-0.05, 0) is 74.0 Å². The summed E-state index contributed by atoms with van der Waals surface area (Å²) in [6.07, 6.45) is 1.66. The highest BCUT2D eigenvalue weighted by Gasteiger charge is 2.19. The van der Waals surface area contributed by atoms with Gasteiger partial charge in [-0.2, -0.15) is 0 Å². The van der Waals surface area contributed by atoms with E-state index in [1.807, 2.05) is 25.2 Å². The molecule has 152 valence electrons. The smallest absolute Gasteiger partial charge is 0.253 e. The van der Waals surface area contributed by atoms with Crippen LogP contribution in [0.3, 0.4) is 0 Å². The van der Waals surface area contributed by atoms with E-state index >= 15 is 0 Å². The molecule has 0 saturated carbocycles. The SMILES string of the molecule is Cc1ccc2[nH]c(=O)c(CN(C)c3ccc(N4CCC[C@@H](O)C4)cc3C)cc2c1. The number of H-pyrrole nitrogens is 1. The highest BCUT2D eigenvalue weighted by Crippen LogP contribution is 2.28. The molecule has 0 unspecified atom stereocenters. The van der Waals surface area contributed by atoms with Crippen LogP contribution in [-0.2, 0) is 6.54 Å². The zero-order valence-corrected chi connectivity index (χ0v) is 17.4. The molecule has 0 aliphatic carbocycles. The predicted molar refractivity (Wildman–Crippen MR) is 120 cm³/mol. The molecule has 3 aromatic rings. The quantitative estimate of drug-likeness (QED) is 0.711. The molecule has 1 saturated heterocycles. The molecule has 0 bridgehead atoms. The van der Waals surface area contributed by atoms with Gasteiger partial charge in [0.05, 0.1) is 6.10 Å². The van der Waals surface area contributed by atoms with Crippen LogP contribution in [0.5, 0.6) is 0 Å². The molecule has 4 rings (SSSR count). The van der Waals surface area contributed by atoms with Crippen LogP contribution in [0.25, 0.3) is 10.9 Å². The molecule has 2 aromatic carbocycles. The summed E-state index contributed by atoms with van der Waals surface area (Å²) >= 11 is 0. The lowest BCUT2D eigenvalue weighted by molar-refractivity contribution is 0.154. The van der Waals surface area contributed by atoms with E-state index in [1.54, 1.807) is 0 Å². The fourth-order valence-corrected chi connectivity index (χ4v) is 4.28. The Kier molecular flexibility index (Phi) is 5.33. The maximum atomic E-state index is 12.5. The van der Waals surface area contributed by atoms with Gasteiger partial charge in [-0.25, -0.2) is 0 Å². The number of pyridine rings is 1. The summed E-state index contributed by atoms with van der Waals surface area (Å²) < 4.78 is 0. The van der Waals surface area contributed by atoms with E-state index in [9.17, 15) is 9.90 Å². The molecule has 0 amide bonds. The molecule has 2 N–H and O–H groups in total. The Morgan fingerprint density at radius 2 is 2.00 bits per heavy atom. The molecule has 5 nitrogen and oxygen atoms in total. The number of hydrogen-bond donors (Lipinski definition) is 2. The Morgan fingerprint density at radius 1 is 1.17 bits per heavy atom. The van der Waals surface area contributed by atoms with Gasteiger partial charge in [-0.3, -0.25) is 4.79 Å². The highest BCUT2D eigenvalue weighted by atomic mass is 16.3. The molecule has 1 aliphatic rings. The van der Waals surface area contributed by atoms with E-state index < -0.39 is 0 Å². The summed E-state index contributed by atoms with van der Waals surface area (Å²) in [4.78, 5) is 19.9. The molecular weight excluding hydrogens is 362 g/mol. The van der Waals surface area contributed by atoms with Crippen molar-refractivity contribution >= 4 is 22.3 Å². The number of aliphatic hydroxyl groups is 1. The van der Waals surface area contributed by atoms with Crippen LogP contribution in [0.1, 0.15) is 29.5 Å². The van der Waals surface area contributed by atoms with E-state index in [-0.39, 0.29) is 11.7 Å². The van der Waals surface area contributed by atoms with E-state index in [4.69, 9.17) is 0 Å². The minimum Gasteiger partial charge on any atom is -0.391 e. The number of nitrogens with one attached hydrogen (secondary N) is 1. The first-order valence-corrected chi connectivity index (χ1v) is 10.3. The van der Waals surface area contributed by atoms with Gasteiger partial charge in [-0.15, -0.1) is 0 Å². The highest BCUT2D eigenvalue weighted by molar-refractivity contribution is 5.79. The van der Waals surface area contributed by atoms with Gasteiger partial charge < -0.3 is 19.9 Å². The third kappa shape index (κ3) is 4.15. The van der Waals surface area contributed by atoms with Crippen molar-refractivity contribution in [3.8, 4) is 0 Å². The van der Waals surface area contributed by atoms with Crippen LogP contribution < -0.4 is 15.4 Å². The zero-order valence-electron chi connectivity index (χ0n) is 17.4. The average molecular weight is 392 g/mol. The number of aromatic nitrogens is 1. The maximum absolute atomic E-state index is 12.5. The molecule has 0 radical (unpaired) electrons. The van der Waals surface area contributed by atoms with Gasteiger partial charge in [0, 0.05) is 49.1 Å². The molecule has 1 fully saturated rings. The number of rotatable bonds is 4. The molecule has 5 heteroatoms. The lowest BCUT2D eigenvalue weighted by Crippen LogP contribution is -2.38. The second-order valence-electron chi connectivity index (χ2n) is 8.28. The van der Waals surface area contributed by atoms with E-state index in [1.165, 1.54) is 5.56 Å². The number of aliphatic hydroxyl groups excluding tert-OH is 1. The first-order valence-electron chi connectivity index (χ1n) is 10.3. The first-order chi connectivity index (χ1) is 13.9. The largest absolute Gasteiger partial charge is 0.391 e.